The molecule has 130 valence electrons. The minimum atomic E-state index is -0.144. The summed E-state index contributed by atoms with van der Waals surface area (Å²) in [6, 6.07) is 5.69. The predicted octanol–water partition coefficient (Wildman–Crippen LogP) is 3.13. The van der Waals surface area contributed by atoms with Crippen molar-refractivity contribution in [2.45, 2.75) is 45.6 Å². The third-order valence-corrected chi connectivity index (χ3v) is 4.68. The largest absolute Gasteiger partial charge is 0.339 e. The van der Waals surface area contributed by atoms with Crippen LogP contribution in [0.15, 0.2) is 28.9 Å². The molecule has 0 bridgehead atoms. The van der Waals surface area contributed by atoms with Crippen LogP contribution in [0.5, 0.6) is 0 Å². The number of carbonyl (C=O) groups excluding carboxylic acids is 1. The molecule has 1 aliphatic rings. The molecular weight excluding hydrogens is 318 g/mol. The Hall–Kier alpha value is -2.70. The number of amides is 1. The van der Waals surface area contributed by atoms with Gasteiger partial charge < -0.3 is 13.8 Å². The highest BCUT2D eigenvalue weighted by molar-refractivity contribution is 5.93. The summed E-state index contributed by atoms with van der Waals surface area (Å²) in [6.45, 7) is 6.69. The molecule has 7 nitrogen and oxygen atoms in total. The van der Waals surface area contributed by atoms with Gasteiger partial charge in [0.25, 0.3) is 5.91 Å². The molecule has 1 amide bonds. The van der Waals surface area contributed by atoms with Gasteiger partial charge in [-0.15, -0.1) is 0 Å². The molecule has 3 aromatic rings. The summed E-state index contributed by atoms with van der Waals surface area (Å²) in [5, 5.41) is 4.10. The molecule has 1 unspecified atom stereocenters. The maximum Gasteiger partial charge on any atom is 0.274 e. The molecule has 0 radical (unpaired) electrons. The van der Waals surface area contributed by atoms with Crippen molar-refractivity contribution in [3.8, 4) is 0 Å². The van der Waals surface area contributed by atoms with Crippen molar-refractivity contribution in [1.82, 2.24) is 24.4 Å². The molecule has 25 heavy (non-hydrogen) atoms. The van der Waals surface area contributed by atoms with Gasteiger partial charge in [0, 0.05) is 24.4 Å². The highest BCUT2D eigenvalue weighted by Crippen LogP contribution is 2.32. The predicted molar refractivity (Wildman–Crippen MR) is 91.3 cm³/mol. The van der Waals surface area contributed by atoms with E-state index >= 15 is 0 Å². The van der Waals surface area contributed by atoms with Gasteiger partial charge >= 0.3 is 0 Å². The summed E-state index contributed by atoms with van der Waals surface area (Å²) in [5.41, 5.74) is 2.27. The fraction of sp³-hybridized carbons (Fsp3) is 0.444. The van der Waals surface area contributed by atoms with Crippen LogP contribution in [0.25, 0.3) is 5.65 Å². The van der Waals surface area contributed by atoms with E-state index in [4.69, 9.17) is 4.52 Å². The Labute approximate surface area is 145 Å². The Kier molecular flexibility index (Phi) is 3.78. The monoisotopic (exact) mass is 339 g/mol. The fourth-order valence-corrected chi connectivity index (χ4v) is 3.29. The van der Waals surface area contributed by atoms with Gasteiger partial charge in [-0.2, -0.15) is 4.98 Å². The second kappa shape index (κ2) is 5.98. The van der Waals surface area contributed by atoms with Gasteiger partial charge in [0.05, 0.1) is 6.04 Å². The quantitative estimate of drug-likeness (QED) is 0.733. The van der Waals surface area contributed by atoms with Crippen molar-refractivity contribution in [3.05, 3.63) is 47.5 Å². The zero-order valence-corrected chi connectivity index (χ0v) is 14.6. The van der Waals surface area contributed by atoms with Crippen molar-refractivity contribution >= 4 is 11.6 Å². The number of nitrogens with zero attached hydrogens (tertiary/aromatic N) is 5. The Balaban J connectivity index is 1.64. The van der Waals surface area contributed by atoms with Gasteiger partial charge in [-0.25, -0.2) is 4.98 Å². The minimum Gasteiger partial charge on any atom is -0.339 e. The lowest BCUT2D eigenvalue weighted by atomic mass is 10.2. The van der Waals surface area contributed by atoms with E-state index in [1.165, 1.54) is 0 Å². The van der Waals surface area contributed by atoms with Gasteiger partial charge in [-0.3, -0.25) is 4.79 Å². The molecule has 0 spiro atoms. The lowest BCUT2D eigenvalue weighted by molar-refractivity contribution is 0.0723. The molecule has 4 rings (SSSR count). The first kappa shape index (κ1) is 15.8. The number of likely N-dealkylation sites (tertiary alicyclic amines) is 1. The molecule has 3 aromatic heterocycles. The molecule has 1 saturated heterocycles. The van der Waals surface area contributed by atoms with Crippen molar-refractivity contribution in [3.63, 3.8) is 0 Å². The zero-order valence-electron chi connectivity index (χ0n) is 14.6. The molecule has 1 fully saturated rings. The van der Waals surface area contributed by atoms with Gasteiger partial charge in [0.15, 0.2) is 5.82 Å². The van der Waals surface area contributed by atoms with E-state index < -0.39 is 0 Å². The number of rotatable bonds is 3. The smallest absolute Gasteiger partial charge is 0.274 e. The van der Waals surface area contributed by atoms with Crippen LogP contribution in [0.1, 0.15) is 66.5 Å². The highest BCUT2D eigenvalue weighted by Gasteiger charge is 2.35. The third kappa shape index (κ3) is 2.69. The normalized spacial score (nSPS) is 17.8. The van der Waals surface area contributed by atoms with Gasteiger partial charge in [0.1, 0.15) is 11.3 Å². The van der Waals surface area contributed by atoms with Crippen molar-refractivity contribution in [2.24, 2.45) is 0 Å². The van der Waals surface area contributed by atoms with Crippen molar-refractivity contribution in [2.75, 3.05) is 6.54 Å². The molecule has 0 aliphatic carbocycles. The van der Waals surface area contributed by atoms with E-state index in [9.17, 15) is 4.79 Å². The van der Waals surface area contributed by atoms with Crippen LogP contribution in [0.3, 0.4) is 0 Å². The molecule has 4 heterocycles. The molecule has 1 atom stereocenters. The Morgan fingerprint density at radius 3 is 2.88 bits per heavy atom. The van der Waals surface area contributed by atoms with Gasteiger partial charge in [0.2, 0.25) is 5.89 Å². The molecule has 0 saturated carbocycles. The summed E-state index contributed by atoms with van der Waals surface area (Å²) in [4.78, 5) is 23.8. The number of hydrogen-bond acceptors (Lipinski definition) is 5. The SMILES string of the molecule is Cc1cccc2nc(C(=O)N3CCCC3c3noc(C(C)C)n3)cn12. The van der Waals surface area contributed by atoms with Crippen molar-refractivity contribution < 1.29 is 9.32 Å². The standard InChI is InChI=1S/C18H21N5O2/c1-11(2)17-20-16(21-25-17)14-7-5-9-22(14)18(24)13-10-23-12(3)6-4-8-15(23)19-13/h4,6,8,10-11,14H,5,7,9H2,1-3H3. The average Bonchev–Trinajstić information content (AvgIpc) is 3.32. The number of pyridine rings is 1. The second-order valence-corrected chi connectivity index (χ2v) is 6.82. The Morgan fingerprint density at radius 1 is 1.32 bits per heavy atom. The van der Waals surface area contributed by atoms with Gasteiger partial charge in [-0.1, -0.05) is 25.1 Å². The summed E-state index contributed by atoms with van der Waals surface area (Å²) < 4.78 is 7.25. The van der Waals surface area contributed by atoms with E-state index in [2.05, 4.69) is 15.1 Å². The van der Waals surface area contributed by atoms with E-state index in [1.807, 2.05) is 48.3 Å². The van der Waals surface area contributed by atoms with E-state index in [1.54, 1.807) is 6.20 Å². The van der Waals surface area contributed by atoms with Gasteiger partial charge in [-0.05, 0) is 31.9 Å². The van der Waals surface area contributed by atoms with Crippen LogP contribution in [-0.2, 0) is 0 Å². The third-order valence-electron chi connectivity index (χ3n) is 4.68. The first-order valence-electron chi connectivity index (χ1n) is 8.64. The molecule has 7 heteroatoms. The number of fused-ring (bicyclic) bond motifs is 1. The lowest BCUT2D eigenvalue weighted by Gasteiger charge is -2.21. The Morgan fingerprint density at radius 2 is 2.16 bits per heavy atom. The van der Waals surface area contributed by atoms with E-state index in [-0.39, 0.29) is 17.9 Å². The maximum absolute atomic E-state index is 13.0. The van der Waals surface area contributed by atoms with Crippen LogP contribution in [0.4, 0.5) is 0 Å². The van der Waals surface area contributed by atoms with Crippen molar-refractivity contribution in [1.29, 1.82) is 0 Å². The number of hydrogen-bond donors (Lipinski definition) is 0. The number of carbonyl (C=O) groups is 1. The summed E-state index contributed by atoms with van der Waals surface area (Å²) in [7, 11) is 0. The molecule has 1 aliphatic heterocycles. The molecular formula is C18H21N5O2. The number of aromatic nitrogens is 4. The summed E-state index contributed by atoms with van der Waals surface area (Å²) in [5.74, 6) is 1.29. The minimum absolute atomic E-state index is 0.0819. The second-order valence-electron chi connectivity index (χ2n) is 6.82. The van der Waals surface area contributed by atoms with Crippen LogP contribution < -0.4 is 0 Å². The lowest BCUT2D eigenvalue weighted by Crippen LogP contribution is -2.31. The van der Waals surface area contributed by atoms with Crippen LogP contribution in [0, 0.1) is 6.92 Å². The number of imidazole rings is 1. The zero-order chi connectivity index (χ0) is 17.6. The van der Waals surface area contributed by atoms with E-state index in [0.717, 1.165) is 24.2 Å². The molecule has 0 N–H and O–H groups in total. The highest BCUT2D eigenvalue weighted by atomic mass is 16.5. The fourth-order valence-electron chi connectivity index (χ4n) is 3.29. The van der Waals surface area contributed by atoms with Crippen LogP contribution in [-0.4, -0.2) is 36.9 Å². The average molecular weight is 339 g/mol. The summed E-state index contributed by atoms with van der Waals surface area (Å²) in [6.07, 6.45) is 3.57. The summed E-state index contributed by atoms with van der Waals surface area (Å²) >= 11 is 0. The maximum atomic E-state index is 13.0. The number of aryl methyl sites for hydroxylation is 1. The van der Waals surface area contributed by atoms with E-state index in [0.29, 0.717) is 24.0 Å². The molecule has 0 aromatic carbocycles. The van der Waals surface area contributed by atoms with Crippen LogP contribution in [0.2, 0.25) is 0 Å². The Bertz CT molecular complexity index is 927. The first-order valence-corrected chi connectivity index (χ1v) is 8.64. The topological polar surface area (TPSA) is 76.5 Å². The van der Waals surface area contributed by atoms with Crippen LogP contribution >= 0.6 is 0 Å². The first-order chi connectivity index (χ1) is 12.0.